The number of carbonyl (C=O) groups excluding carboxylic acids is 1. The molecule has 0 aliphatic heterocycles. The van der Waals surface area contributed by atoms with E-state index in [1.165, 1.54) is 12.1 Å². The number of halogens is 2. The van der Waals surface area contributed by atoms with E-state index in [1.807, 2.05) is 0 Å². The molecule has 0 atom stereocenters. The van der Waals surface area contributed by atoms with Crippen LogP contribution in [-0.4, -0.2) is 18.2 Å². The normalized spacial score (nSPS) is 10.2. The number of alkyl halides is 1. The van der Waals surface area contributed by atoms with Gasteiger partial charge in [0.25, 0.3) is 0 Å². The standard InChI is InChI=1S/C13H16BrFO2/c14-7-3-1-2-4-8-17-13-6-5-11(10-16)9-12(13)15/h5-6,9-10H,1-4,7-8H2. The van der Waals surface area contributed by atoms with Gasteiger partial charge >= 0.3 is 0 Å². The van der Waals surface area contributed by atoms with Crippen LogP contribution in [0.25, 0.3) is 0 Å². The van der Waals surface area contributed by atoms with Crippen molar-refractivity contribution in [3.05, 3.63) is 29.6 Å². The van der Waals surface area contributed by atoms with Crippen LogP contribution in [0.2, 0.25) is 0 Å². The molecule has 1 aromatic rings. The number of aldehydes is 1. The molecule has 0 aliphatic rings. The fourth-order valence-corrected chi connectivity index (χ4v) is 1.84. The molecule has 0 saturated carbocycles. The minimum atomic E-state index is -0.477. The molecule has 17 heavy (non-hydrogen) atoms. The lowest BCUT2D eigenvalue weighted by molar-refractivity contribution is 0.112. The summed E-state index contributed by atoms with van der Waals surface area (Å²) in [5, 5.41) is 1.02. The SMILES string of the molecule is O=Cc1ccc(OCCCCCCBr)c(F)c1. The Morgan fingerprint density at radius 2 is 2.00 bits per heavy atom. The van der Waals surface area contributed by atoms with Crippen LogP contribution in [-0.2, 0) is 0 Å². The summed E-state index contributed by atoms with van der Waals surface area (Å²) in [5.74, 6) is -0.258. The second kappa shape index (κ2) is 8.23. The predicted molar refractivity (Wildman–Crippen MR) is 69.5 cm³/mol. The zero-order chi connectivity index (χ0) is 12.5. The molecular weight excluding hydrogens is 287 g/mol. The van der Waals surface area contributed by atoms with E-state index in [2.05, 4.69) is 15.9 Å². The van der Waals surface area contributed by atoms with E-state index in [0.717, 1.165) is 31.0 Å². The van der Waals surface area contributed by atoms with Gasteiger partial charge in [-0.3, -0.25) is 4.79 Å². The lowest BCUT2D eigenvalue weighted by Gasteiger charge is -2.07. The Balaban J connectivity index is 2.29. The Morgan fingerprint density at radius 3 is 2.65 bits per heavy atom. The minimum absolute atomic E-state index is 0.219. The quantitative estimate of drug-likeness (QED) is 0.412. The van der Waals surface area contributed by atoms with E-state index in [4.69, 9.17) is 4.74 Å². The highest BCUT2D eigenvalue weighted by atomic mass is 79.9. The van der Waals surface area contributed by atoms with Crippen LogP contribution in [0.15, 0.2) is 18.2 Å². The topological polar surface area (TPSA) is 26.3 Å². The monoisotopic (exact) mass is 302 g/mol. The smallest absolute Gasteiger partial charge is 0.165 e. The average molecular weight is 303 g/mol. The summed E-state index contributed by atoms with van der Waals surface area (Å²) in [5.41, 5.74) is 0.326. The molecule has 0 aliphatic carbocycles. The highest BCUT2D eigenvalue weighted by Gasteiger charge is 2.03. The summed E-state index contributed by atoms with van der Waals surface area (Å²) in [6, 6.07) is 4.24. The lowest BCUT2D eigenvalue weighted by Crippen LogP contribution is -1.99. The molecule has 1 rings (SSSR count). The van der Waals surface area contributed by atoms with Crippen molar-refractivity contribution < 1.29 is 13.9 Å². The first-order valence-corrected chi connectivity index (χ1v) is 6.83. The zero-order valence-electron chi connectivity index (χ0n) is 9.62. The molecule has 0 amide bonds. The second-order valence-electron chi connectivity index (χ2n) is 3.76. The number of hydrogen-bond acceptors (Lipinski definition) is 2. The van der Waals surface area contributed by atoms with Gasteiger partial charge in [-0.1, -0.05) is 28.8 Å². The third kappa shape index (κ3) is 5.31. The van der Waals surface area contributed by atoms with E-state index in [9.17, 15) is 9.18 Å². The van der Waals surface area contributed by atoms with Crippen molar-refractivity contribution in [2.24, 2.45) is 0 Å². The number of benzene rings is 1. The Kier molecular flexibility index (Phi) is 6.86. The summed E-state index contributed by atoms with van der Waals surface area (Å²) in [7, 11) is 0. The lowest BCUT2D eigenvalue weighted by atomic mass is 10.2. The van der Waals surface area contributed by atoms with Crippen molar-refractivity contribution in [2.75, 3.05) is 11.9 Å². The second-order valence-corrected chi connectivity index (χ2v) is 4.55. The first kappa shape index (κ1) is 14.2. The van der Waals surface area contributed by atoms with Gasteiger partial charge in [0.05, 0.1) is 6.61 Å². The van der Waals surface area contributed by atoms with Crippen LogP contribution in [0.3, 0.4) is 0 Å². The Bertz CT molecular complexity index is 355. The Hall–Kier alpha value is -0.900. The molecule has 0 N–H and O–H groups in total. The van der Waals surface area contributed by atoms with Crippen LogP contribution in [0.5, 0.6) is 5.75 Å². The number of ether oxygens (including phenoxy) is 1. The first-order valence-electron chi connectivity index (χ1n) is 5.71. The molecule has 0 unspecified atom stereocenters. The molecular formula is C13H16BrFO2. The van der Waals surface area contributed by atoms with E-state index < -0.39 is 5.82 Å². The first-order chi connectivity index (χ1) is 8.27. The summed E-state index contributed by atoms with van der Waals surface area (Å²) in [4.78, 5) is 10.4. The van der Waals surface area contributed by atoms with Crippen LogP contribution >= 0.6 is 15.9 Å². The molecule has 0 bridgehead atoms. The molecule has 2 nitrogen and oxygen atoms in total. The third-order valence-corrected chi connectivity index (χ3v) is 2.94. The van der Waals surface area contributed by atoms with Gasteiger partial charge in [0.2, 0.25) is 0 Å². The van der Waals surface area contributed by atoms with Crippen LogP contribution < -0.4 is 4.74 Å². The van der Waals surface area contributed by atoms with Gasteiger partial charge < -0.3 is 4.74 Å². The molecule has 0 fully saturated rings. The summed E-state index contributed by atoms with van der Waals surface area (Å²) in [6.45, 7) is 0.514. The number of rotatable bonds is 8. The van der Waals surface area contributed by atoms with Crippen molar-refractivity contribution >= 4 is 22.2 Å². The number of carbonyl (C=O) groups is 1. The van der Waals surface area contributed by atoms with E-state index >= 15 is 0 Å². The number of unbranched alkanes of at least 4 members (excludes halogenated alkanes) is 3. The fourth-order valence-electron chi connectivity index (χ4n) is 1.44. The summed E-state index contributed by atoms with van der Waals surface area (Å²) >= 11 is 3.37. The minimum Gasteiger partial charge on any atom is -0.491 e. The molecule has 94 valence electrons. The molecule has 4 heteroatoms. The summed E-state index contributed by atoms with van der Waals surface area (Å²) < 4.78 is 18.7. The van der Waals surface area contributed by atoms with Crippen molar-refractivity contribution in [1.29, 1.82) is 0 Å². The van der Waals surface area contributed by atoms with Crippen molar-refractivity contribution in [2.45, 2.75) is 25.7 Å². The average Bonchev–Trinajstić information content (AvgIpc) is 2.35. The van der Waals surface area contributed by atoms with Gasteiger partial charge in [-0.2, -0.15) is 0 Å². The largest absolute Gasteiger partial charge is 0.491 e. The predicted octanol–water partition coefficient (Wildman–Crippen LogP) is 3.97. The maximum Gasteiger partial charge on any atom is 0.165 e. The Morgan fingerprint density at radius 1 is 1.24 bits per heavy atom. The van der Waals surface area contributed by atoms with E-state index in [-0.39, 0.29) is 5.75 Å². The molecule has 1 aromatic carbocycles. The molecule has 0 aromatic heterocycles. The van der Waals surface area contributed by atoms with Crippen LogP contribution in [0.4, 0.5) is 4.39 Å². The van der Waals surface area contributed by atoms with E-state index in [1.54, 1.807) is 6.07 Å². The maximum absolute atomic E-state index is 13.4. The van der Waals surface area contributed by atoms with Crippen molar-refractivity contribution in [3.63, 3.8) is 0 Å². The van der Waals surface area contributed by atoms with Gasteiger partial charge in [-0.25, -0.2) is 4.39 Å². The molecule has 0 saturated heterocycles. The molecule has 0 heterocycles. The van der Waals surface area contributed by atoms with Crippen LogP contribution in [0.1, 0.15) is 36.0 Å². The zero-order valence-corrected chi connectivity index (χ0v) is 11.2. The van der Waals surface area contributed by atoms with Crippen LogP contribution in [0, 0.1) is 5.82 Å². The number of hydrogen-bond donors (Lipinski definition) is 0. The molecule has 0 radical (unpaired) electrons. The maximum atomic E-state index is 13.4. The van der Waals surface area contributed by atoms with Crippen molar-refractivity contribution in [1.82, 2.24) is 0 Å². The van der Waals surface area contributed by atoms with Gasteiger partial charge in [0.1, 0.15) is 6.29 Å². The third-order valence-electron chi connectivity index (χ3n) is 2.38. The highest BCUT2D eigenvalue weighted by Crippen LogP contribution is 2.18. The summed E-state index contributed by atoms with van der Waals surface area (Å²) in [6.07, 6.45) is 4.93. The van der Waals surface area contributed by atoms with Gasteiger partial charge in [-0.05, 0) is 31.0 Å². The van der Waals surface area contributed by atoms with Crippen molar-refractivity contribution in [3.8, 4) is 5.75 Å². The fraction of sp³-hybridized carbons (Fsp3) is 0.462. The highest BCUT2D eigenvalue weighted by molar-refractivity contribution is 9.09. The van der Waals surface area contributed by atoms with Gasteiger partial charge in [0.15, 0.2) is 11.6 Å². The van der Waals surface area contributed by atoms with Gasteiger partial charge in [0, 0.05) is 10.9 Å². The van der Waals surface area contributed by atoms with E-state index in [0.29, 0.717) is 18.5 Å². The molecule has 0 spiro atoms. The van der Waals surface area contributed by atoms with Gasteiger partial charge in [-0.15, -0.1) is 0 Å². The Labute approximate surface area is 109 Å².